The molecule has 2 heterocycles. The summed E-state index contributed by atoms with van der Waals surface area (Å²) >= 11 is 0. The summed E-state index contributed by atoms with van der Waals surface area (Å²) in [5.41, 5.74) is 0.334. The molecule has 0 saturated carbocycles. The minimum Gasteiger partial charge on any atom is -0.473 e. The van der Waals surface area contributed by atoms with Crippen LogP contribution >= 0.6 is 12.4 Å². The fourth-order valence-electron chi connectivity index (χ4n) is 2.93. The summed E-state index contributed by atoms with van der Waals surface area (Å²) < 4.78 is 54.2. The van der Waals surface area contributed by atoms with E-state index in [1.165, 1.54) is 22.9 Å². The van der Waals surface area contributed by atoms with E-state index in [2.05, 4.69) is 10.4 Å². The lowest BCUT2D eigenvalue weighted by molar-refractivity contribution is -0.000540. The van der Waals surface area contributed by atoms with Gasteiger partial charge in [-0.3, -0.25) is 0 Å². The SMILES string of the molecule is Cl.Fc1ccc(-n2nc(OCC3CNCCO3)c3c(F)cccc32)c(F)c1. The van der Waals surface area contributed by atoms with Crippen LogP contribution in [0, 0.1) is 17.5 Å². The van der Waals surface area contributed by atoms with Crippen molar-refractivity contribution in [2.45, 2.75) is 6.10 Å². The van der Waals surface area contributed by atoms with Crippen LogP contribution < -0.4 is 10.1 Å². The molecule has 1 atom stereocenters. The van der Waals surface area contributed by atoms with Crippen molar-refractivity contribution < 1.29 is 22.6 Å². The predicted octanol–water partition coefficient (Wildman–Crippen LogP) is 3.23. The van der Waals surface area contributed by atoms with Crippen LogP contribution in [0.25, 0.3) is 16.6 Å². The first-order chi connectivity index (χ1) is 12.6. The van der Waals surface area contributed by atoms with Crippen LogP contribution in [0.15, 0.2) is 36.4 Å². The molecular weight excluding hydrogens is 383 g/mol. The van der Waals surface area contributed by atoms with Crippen molar-refractivity contribution in [3.63, 3.8) is 0 Å². The van der Waals surface area contributed by atoms with Crippen molar-refractivity contribution >= 4 is 23.3 Å². The van der Waals surface area contributed by atoms with Gasteiger partial charge in [0.05, 0.1) is 17.5 Å². The summed E-state index contributed by atoms with van der Waals surface area (Å²) in [4.78, 5) is 0. The number of nitrogens with one attached hydrogen (secondary N) is 1. The third-order valence-corrected chi connectivity index (χ3v) is 4.17. The number of rotatable bonds is 4. The molecule has 0 spiro atoms. The molecule has 1 aromatic heterocycles. The maximum absolute atomic E-state index is 14.4. The third-order valence-electron chi connectivity index (χ3n) is 4.17. The normalized spacial score (nSPS) is 16.9. The lowest BCUT2D eigenvalue weighted by Crippen LogP contribution is -2.41. The van der Waals surface area contributed by atoms with Crippen LogP contribution in [-0.2, 0) is 4.74 Å². The van der Waals surface area contributed by atoms with Gasteiger partial charge in [0.2, 0.25) is 5.88 Å². The molecule has 4 rings (SSSR count). The molecule has 0 aliphatic carbocycles. The number of halogens is 4. The van der Waals surface area contributed by atoms with Gasteiger partial charge in [-0.15, -0.1) is 17.5 Å². The van der Waals surface area contributed by atoms with Crippen LogP contribution in [0.4, 0.5) is 13.2 Å². The van der Waals surface area contributed by atoms with Crippen molar-refractivity contribution in [3.8, 4) is 11.6 Å². The first-order valence-corrected chi connectivity index (χ1v) is 8.21. The molecule has 0 radical (unpaired) electrons. The Kier molecular flexibility index (Phi) is 5.88. The Bertz CT molecular complexity index is 945. The average molecular weight is 400 g/mol. The van der Waals surface area contributed by atoms with Crippen molar-refractivity contribution in [3.05, 3.63) is 53.8 Å². The zero-order chi connectivity index (χ0) is 18.1. The number of hydrogen-bond acceptors (Lipinski definition) is 4. The Morgan fingerprint density at radius 2 is 2.04 bits per heavy atom. The topological polar surface area (TPSA) is 48.3 Å². The van der Waals surface area contributed by atoms with Gasteiger partial charge in [0.15, 0.2) is 5.82 Å². The Morgan fingerprint density at radius 1 is 1.19 bits per heavy atom. The van der Waals surface area contributed by atoms with E-state index < -0.39 is 17.5 Å². The lowest BCUT2D eigenvalue weighted by atomic mass is 10.2. The summed E-state index contributed by atoms with van der Waals surface area (Å²) in [5, 5.41) is 7.52. The smallest absolute Gasteiger partial charge is 0.244 e. The van der Waals surface area contributed by atoms with Gasteiger partial charge in [0.1, 0.15) is 30.0 Å². The van der Waals surface area contributed by atoms with E-state index in [9.17, 15) is 13.2 Å². The van der Waals surface area contributed by atoms with Crippen molar-refractivity contribution in [2.24, 2.45) is 0 Å². The minimum atomic E-state index is -0.801. The van der Waals surface area contributed by atoms with Crippen LogP contribution in [0.2, 0.25) is 0 Å². The zero-order valence-corrected chi connectivity index (χ0v) is 14.9. The molecule has 1 N–H and O–H groups in total. The molecular formula is C18H17ClF3N3O2. The molecule has 3 aromatic rings. The Morgan fingerprint density at radius 3 is 2.78 bits per heavy atom. The Hall–Kier alpha value is -2.29. The van der Waals surface area contributed by atoms with Gasteiger partial charge >= 0.3 is 0 Å². The van der Waals surface area contributed by atoms with Crippen molar-refractivity contribution in [2.75, 3.05) is 26.3 Å². The number of morpholine rings is 1. The average Bonchev–Trinajstić information content (AvgIpc) is 3.01. The largest absolute Gasteiger partial charge is 0.473 e. The van der Waals surface area contributed by atoms with Crippen LogP contribution in [-0.4, -0.2) is 42.2 Å². The summed E-state index contributed by atoms with van der Waals surface area (Å²) in [6, 6.07) is 7.49. The van der Waals surface area contributed by atoms with E-state index in [0.717, 1.165) is 18.7 Å². The fourth-order valence-corrected chi connectivity index (χ4v) is 2.93. The van der Waals surface area contributed by atoms with Gasteiger partial charge in [-0.25, -0.2) is 17.9 Å². The van der Waals surface area contributed by atoms with Gasteiger partial charge in [0, 0.05) is 19.2 Å². The maximum atomic E-state index is 14.4. The van der Waals surface area contributed by atoms with E-state index in [4.69, 9.17) is 9.47 Å². The molecule has 1 unspecified atom stereocenters. The highest BCUT2D eigenvalue weighted by Gasteiger charge is 2.21. The highest BCUT2D eigenvalue weighted by Crippen LogP contribution is 2.31. The number of ether oxygens (including phenoxy) is 2. The molecule has 0 bridgehead atoms. The van der Waals surface area contributed by atoms with Gasteiger partial charge in [-0.05, 0) is 24.3 Å². The van der Waals surface area contributed by atoms with Gasteiger partial charge in [-0.1, -0.05) is 6.07 Å². The summed E-state index contributed by atoms with van der Waals surface area (Å²) in [7, 11) is 0. The molecule has 1 aliphatic rings. The molecule has 144 valence electrons. The molecule has 1 saturated heterocycles. The molecule has 27 heavy (non-hydrogen) atoms. The van der Waals surface area contributed by atoms with Gasteiger partial charge in [0.25, 0.3) is 0 Å². The summed E-state index contributed by atoms with van der Waals surface area (Å²) in [6.45, 7) is 2.14. The van der Waals surface area contributed by atoms with Gasteiger partial charge in [-0.2, -0.15) is 0 Å². The molecule has 2 aromatic carbocycles. The second-order valence-corrected chi connectivity index (χ2v) is 5.95. The molecule has 0 amide bonds. The first-order valence-electron chi connectivity index (χ1n) is 8.21. The summed E-state index contributed by atoms with van der Waals surface area (Å²) in [6.07, 6.45) is -0.182. The molecule has 1 aliphatic heterocycles. The monoisotopic (exact) mass is 399 g/mol. The number of hydrogen-bond donors (Lipinski definition) is 1. The van der Waals surface area contributed by atoms with E-state index in [1.807, 2.05) is 0 Å². The number of benzene rings is 2. The highest BCUT2D eigenvalue weighted by atomic mass is 35.5. The minimum absolute atomic E-state index is 0. The first kappa shape index (κ1) is 19.5. The van der Waals surface area contributed by atoms with Crippen LogP contribution in [0.1, 0.15) is 0 Å². The number of nitrogens with zero attached hydrogens (tertiary/aromatic N) is 2. The molecule has 5 nitrogen and oxygen atoms in total. The molecule has 9 heteroatoms. The van der Waals surface area contributed by atoms with E-state index >= 15 is 0 Å². The molecule has 1 fully saturated rings. The maximum Gasteiger partial charge on any atom is 0.244 e. The van der Waals surface area contributed by atoms with Crippen molar-refractivity contribution in [1.29, 1.82) is 0 Å². The third kappa shape index (κ3) is 3.87. The number of fused-ring (bicyclic) bond motifs is 1. The fraction of sp³-hybridized carbons (Fsp3) is 0.278. The quantitative estimate of drug-likeness (QED) is 0.731. The van der Waals surface area contributed by atoms with Crippen molar-refractivity contribution in [1.82, 2.24) is 15.1 Å². The van der Waals surface area contributed by atoms with Crippen LogP contribution in [0.5, 0.6) is 5.88 Å². The second kappa shape index (κ2) is 8.16. The highest BCUT2D eigenvalue weighted by molar-refractivity contribution is 5.86. The summed E-state index contributed by atoms with van der Waals surface area (Å²) in [5.74, 6) is -2.00. The Balaban J connectivity index is 0.00000210. The standard InChI is InChI=1S/C18H16F3N3O2.ClH/c19-11-4-5-15(14(21)8-11)24-16-3-1-2-13(20)17(16)18(23-24)26-10-12-9-22-6-7-25-12;/h1-5,8,12,22H,6-7,9-10H2;1H. The van der Waals surface area contributed by atoms with Gasteiger partial charge < -0.3 is 14.8 Å². The van der Waals surface area contributed by atoms with E-state index in [-0.39, 0.29) is 42.1 Å². The zero-order valence-electron chi connectivity index (χ0n) is 14.1. The second-order valence-electron chi connectivity index (χ2n) is 5.95. The van der Waals surface area contributed by atoms with E-state index in [1.54, 1.807) is 6.07 Å². The predicted molar refractivity (Wildman–Crippen MR) is 96.3 cm³/mol. The van der Waals surface area contributed by atoms with E-state index in [0.29, 0.717) is 18.7 Å². The Labute approximate surface area is 159 Å². The number of aromatic nitrogens is 2. The van der Waals surface area contributed by atoms with Crippen LogP contribution in [0.3, 0.4) is 0 Å². The lowest BCUT2D eigenvalue weighted by Gasteiger charge is -2.23.